The summed E-state index contributed by atoms with van der Waals surface area (Å²) in [7, 11) is -32.2. The molecule has 6 fully saturated rings. The number of aliphatic hydroxyl groups excluding tert-OH is 2. The number of hydrogen-bond acceptors (Lipinski definition) is 34. The number of hydrogen-bond donors (Lipinski definition) is 20. The maximum atomic E-state index is 12.8. The van der Waals surface area contributed by atoms with Crippen molar-refractivity contribution in [3.8, 4) is 0 Å². The van der Waals surface area contributed by atoms with Gasteiger partial charge < -0.3 is 122 Å². The van der Waals surface area contributed by atoms with Crippen LogP contribution in [0.25, 0.3) is 22.3 Å². The molecule has 60 heteroatoms. The molecule has 4 aromatic rings. The minimum atomic E-state index is -5.94. The predicted molar refractivity (Wildman–Crippen MR) is 357 cm³/mol. The van der Waals surface area contributed by atoms with Crippen molar-refractivity contribution in [2.45, 2.75) is 135 Å². The van der Waals surface area contributed by atoms with Gasteiger partial charge in [-0.2, -0.15) is 32.1 Å². The first-order valence-corrected chi connectivity index (χ1v) is 43.0. The number of unbranched alkanes of at least 4 members (excludes halogenated alkanes) is 2. The summed E-state index contributed by atoms with van der Waals surface area (Å²) >= 11 is 3.55. The van der Waals surface area contributed by atoms with Crippen molar-refractivity contribution in [1.82, 2.24) is 71.6 Å². The highest BCUT2D eigenvalue weighted by atomic mass is 32.2. The van der Waals surface area contributed by atoms with Crippen LogP contribution in [-0.2, 0) is 96.3 Å². The summed E-state index contributed by atoms with van der Waals surface area (Å²) in [5.74, 6) is 0.506. The minimum Gasteiger partial charge on any atom is -0.756 e. The first-order chi connectivity index (χ1) is 50.4. The van der Waals surface area contributed by atoms with Crippen LogP contribution >= 0.6 is 70.5 Å². The van der Waals surface area contributed by atoms with E-state index in [1.54, 1.807) is 23.5 Å². The fraction of sp³-hybridized carbons (Fsp3) is 0.667. The van der Waals surface area contributed by atoms with Crippen molar-refractivity contribution in [2.24, 2.45) is 14.1 Å². The van der Waals surface area contributed by atoms with E-state index in [2.05, 4.69) is 88.8 Å². The molecular formula is C48H76N18O34P6S2. The molecular weight excluding hydrogens is 1620 g/mol. The standard InChI is InChI=1S/2C24H38N9O17P3S/c1-32-10-33(19-16(32)20(36)31-22(25)30-19)21-17(35)18(12(47-21)8-46-52(42,43)50-53(44,45)49-51(39,40)41)48-24(38)27-7-6-26-14(34)5-3-2-4-13-15-11(9-54-13)28-23(37)29-15;1-32-10-33(19-16(32)20(36)31-22(25)30-19)21-18(17(35)12(47-21)8-46-52(42,43)50-53(44,45)49-51(39,40)41)48-24(38)27-7-6-26-14(34)5-3-2-4-13-15-11(9-54-13)28-23(37)29-15/h2*10-13,15,17-18,21,35H,2-9H2,1H3,(H10-,25,26,27,28,29,30,31,34,36,37,38,39,40,41,42,43,44,45)/t2*11-,12+,13-,15-,17+,18+,21+/m00/s1. The van der Waals surface area contributed by atoms with Gasteiger partial charge >= 0.3 is 66.8 Å². The van der Waals surface area contributed by atoms with Crippen LogP contribution in [0.15, 0.2) is 22.2 Å². The van der Waals surface area contributed by atoms with E-state index in [0.717, 1.165) is 46.3 Å². The number of carbonyl (C=O) groups excluding carboxylic acids is 6. The lowest BCUT2D eigenvalue weighted by Crippen LogP contribution is -2.49. The summed E-state index contributed by atoms with van der Waals surface area (Å²) < 4.78 is 121. The number of H-pyrrole nitrogens is 2. The Bertz CT molecular complexity index is 4440. The Labute approximate surface area is 614 Å². The largest absolute Gasteiger partial charge is 0.756 e. The lowest BCUT2D eigenvalue weighted by molar-refractivity contribution is -0.746. The summed E-state index contributed by atoms with van der Waals surface area (Å²) in [6, 6.07) is 0.0285. The zero-order chi connectivity index (χ0) is 79.2. The lowest BCUT2D eigenvalue weighted by atomic mass is 10.0. The number of aryl methyl sites for hydroxylation is 2. The Morgan fingerprint density at radius 2 is 0.972 bits per heavy atom. The van der Waals surface area contributed by atoms with Gasteiger partial charge in [0.25, 0.3) is 38.7 Å². The number of rotatable bonds is 34. The highest BCUT2D eigenvalue weighted by molar-refractivity contribution is 8.00. The van der Waals surface area contributed by atoms with E-state index in [4.69, 9.17) is 40.2 Å². The molecule has 0 aliphatic carbocycles. The Morgan fingerprint density at radius 1 is 0.574 bits per heavy atom. The lowest BCUT2D eigenvalue weighted by Gasteiger charge is -2.23. The molecule has 10 heterocycles. The number of ether oxygens (including phenoxy) is 4. The highest BCUT2D eigenvalue weighted by Crippen LogP contribution is 2.66. The van der Waals surface area contributed by atoms with Crippen LogP contribution < -0.4 is 84.0 Å². The molecule has 10 rings (SSSR count). The molecule has 4 aromatic heterocycles. The van der Waals surface area contributed by atoms with Crippen LogP contribution in [0.1, 0.15) is 63.8 Å². The Hall–Kier alpha value is -6.32. The fourth-order valence-electron chi connectivity index (χ4n) is 12.1. The van der Waals surface area contributed by atoms with Crippen LogP contribution in [-0.4, -0.2) is 227 Å². The smallest absolute Gasteiger partial charge is 0.487 e. The average Bonchev–Trinajstić information content (AvgIpc) is 1.61. The third-order valence-electron chi connectivity index (χ3n) is 16.5. The number of thioether (sulfide) groups is 2. The normalized spacial score (nSPS) is 28.3. The van der Waals surface area contributed by atoms with Crippen molar-refractivity contribution in [1.29, 1.82) is 0 Å². The highest BCUT2D eigenvalue weighted by Gasteiger charge is 2.54. The topological polar surface area (TPSA) is 762 Å². The second kappa shape index (κ2) is 35.6. The number of imidazole rings is 2. The third kappa shape index (κ3) is 23.4. The van der Waals surface area contributed by atoms with E-state index >= 15 is 0 Å². The Morgan fingerprint density at radius 3 is 1.41 bits per heavy atom. The molecule has 0 aromatic carbocycles. The molecule has 0 radical (unpaired) electrons. The number of nitrogens with one attached hydrogen (secondary N) is 10. The van der Waals surface area contributed by atoms with E-state index in [-0.39, 0.29) is 132 Å². The minimum absolute atomic E-state index is 0.00379. The number of fused-ring (bicyclic) bond motifs is 4. The molecule has 8 amide bonds. The summed E-state index contributed by atoms with van der Waals surface area (Å²) in [6.45, 7) is -2.52. The second-order valence-electron chi connectivity index (χ2n) is 24.4. The Balaban J connectivity index is 0.000000249. The number of alkyl carbamates (subject to hydrolysis) is 2. The van der Waals surface area contributed by atoms with Crippen molar-refractivity contribution < 1.29 is 160 Å². The number of aromatic nitrogens is 8. The average molecular weight is 1700 g/mol. The monoisotopic (exact) mass is 1700 g/mol. The van der Waals surface area contributed by atoms with Crippen LogP contribution in [0.2, 0.25) is 0 Å². The number of carbonyl (C=O) groups is 6. The van der Waals surface area contributed by atoms with Gasteiger partial charge in [-0.15, -0.1) is 0 Å². The first-order valence-electron chi connectivity index (χ1n) is 32.0. The number of urea groups is 2. The summed E-state index contributed by atoms with van der Waals surface area (Å²) in [5, 5.41) is 44.5. The van der Waals surface area contributed by atoms with E-state index in [1.807, 2.05) is 0 Å². The quantitative estimate of drug-likeness (QED) is 0.00896. The molecule has 20 atom stereocenters. The van der Waals surface area contributed by atoms with Gasteiger partial charge in [0.1, 0.15) is 18.3 Å². The molecule has 108 heavy (non-hydrogen) atoms. The molecule has 22 N–H and O–H groups in total. The number of anilines is 2. The third-order valence-corrected chi connectivity index (χ3v) is 27.0. The fourth-order valence-corrected chi connectivity index (χ4v) is 21.2. The van der Waals surface area contributed by atoms with Gasteiger partial charge in [0, 0.05) is 61.0 Å². The Kier molecular flexibility index (Phi) is 28.2. The van der Waals surface area contributed by atoms with Gasteiger partial charge in [0.05, 0.1) is 51.5 Å². The zero-order valence-electron chi connectivity index (χ0n) is 56.1. The van der Waals surface area contributed by atoms with Gasteiger partial charge in [-0.1, -0.05) is 22.8 Å². The number of aromatic amines is 2. The predicted octanol–water partition coefficient (Wildman–Crippen LogP) is -5.92. The molecule has 0 spiro atoms. The molecule has 52 nitrogen and oxygen atoms in total. The number of nitrogen functional groups attached to an aromatic ring is 2. The van der Waals surface area contributed by atoms with Crippen LogP contribution in [0.4, 0.5) is 31.1 Å². The summed E-state index contributed by atoms with van der Waals surface area (Å²) in [4.78, 5) is 189. The maximum absolute atomic E-state index is 12.8. The van der Waals surface area contributed by atoms with Crippen molar-refractivity contribution in [3.05, 3.63) is 33.4 Å². The maximum Gasteiger partial charge on any atom is 0.487 e. The number of phosphoric ester groups is 2. The summed E-state index contributed by atoms with van der Waals surface area (Å²) in [6.07, 6.45) is -8.38. The molecule has 6 saturated heterocycles. The van der Waals surface area contributed by atoms with Crippen molar-refractivity contribution in [2.75, 3.05) is 62.4 Å². The molecule has 6 unspecified atom stereocenters. The van der Waals surface area contributed by atoms with Gasteiger partial charge in [0.2, 0.25) is 35.3 Å². The van der Waals surface area contributed by atoms with Crippen LogP contribution in [0.3, 0.4) is 0 Å². The van der Waals surface area contributed by atoms with E-state index < -0.39 is 133 Å². The number of aliphatic hydroxyl groups is 2. The molecule has 0 bridgehead atoms. The van der Waals surface area contributed by atoms with Gasteiger partial charge in [-0.3, -0.25) is 56.5 Å². The molecule has 604 valence electrons. The summed E-state index contributed by atoms with van der Waals surface area (Å²) in [5.41, 5.74) is 9.79. The van der Waals surface area contributed by atoms with Crippen LogP contribution in [0, 0.1) is 0 Å². The van der Waals surface area contributed by atoms with Gasteiger partial charge in [0.15, 0.2) is 31.0 Å². The molecule has 6 aliphatic heterocycles. The first kappa shape index (κ1) is 85.7. The van der Waals surface area contributed by atoms with E-state index in [0.29, 0.717) is 12.8 Å². The van der Waals surface area contributed by atoms with Crippen molar-refractivity contribution in [3.63, 3.8) is 0 Å². The zero-order valence-corrected chi connectivity index (χ0v) is 63.1. The van der Waals surface area contributed by atoms with Gasteiger partial charge in [-0.25, -0.2) is 55.2 Å². The molecule has 6 aliphatic rings. The van der Waals surface area contributed by atoms with Gasteiger partial charge in [-0.05, 0) is 25.7 Å². The SMILES string of the molecule is Cn1c[n+]([C@@H]2O[C@H](COP(=O)(O)OP(=O)(O)OP(=O)([O-])O)[C@@H](O)[C@H]2OC(=O)NCCNC(=O)CCCC[C@@H]2SC[C@@H]3NC(=O)N[C@@H]32)c2nc(N)[nH]c(=O)c21.Cn1c[n+]([C@@H]2O[C@H](COP(=O)(O)OP(=O)(O)OP(=O)([O-])O)[C@@H](OC(=O)NCCNC(=O)CCCC[C@@H]3SC[C@@H]4NC(=O)N[C@@H]43)[C@H]2O)c2nc(N)[nH]c(=O)c21. The number of nitrogens with two attached hydrogens (primary N) is 2. The van der Waals surface area contributed by atoms with Crippen LogP contribution in [0.5, 0.6) is 0 Å². The number of amides is 8. The number of phosphoric acid groups is 6. The second-order valence-corrected chi connectivity index (χ2v) is 35.7. The van der Waals surface area contributed by atoms with Crippen molar-refractivity contribution >= 4 is 141 Å². The van der Waals surface area contributed by atoms with E-state index in [1.165, 1.54) is 35.9 Å². The molecule has 0 saturated carbocycles. The van der Waals surface area contributed by atoms with E-state index in [9.17, 15) is 105 Å². The number of nitrogens with zero attached hydrogens (tertiary/aromatic N) is 6.